The minimum absolute atomic E-state index is 0.267. The maximum Gasteiger partial charge on any atom is 0.244 e. The molecule has 170 valence electrons. The molecular formula is C23H32N2O5S. The lowest BCUT2D eigenvalue weighted by Crippen LogP contribution is -2.50. The summed E-state index contributed by atoms with van der Waals surface area (Å²) in [6, 6.07) is 11.8. The molecule has 0 saturated carbocycles. The molecule has 7 nitrogen and oxygen atoms in total. The predicted molar refractivity (Wildman–Crippen MR) is 123 cm³/mol. The molecule has 0 radical (unpaired) electrons. The first-order valence-corrected chi connectivity index (χ1v) is 12.2. The van der Waals surface area contributed by atoms with Crippen LogP contribution in [0.4, 0.5) is 5.69 Å². The van der Waals surface area contributed by atoms with E-state index in [-0.39, 0.29) is 19.1 Å². The summed E-state index contributed by atoms with van der Waals surface area (Å²) in [5.41, 5.74) is 2.52. The Morgan fingerprint density at radius 3 is 2.32 bits per heavy atom. The summed E-state index contributed by atoms with van der Waals surface area (Å²) in [6.07, 6.45) is 1.42. The van der Waals surface area contributed by atoms with Crippen molar-refractivity contribution in [2.45, 2.75) is 40.2 Å². The molecule has 0 aliphatic carbocycles. The number of nitrogens with one attached hydrogen (secondary N) is 1. The normalized spacial score (nSPS) is 12.2. The number of carbonyl (C=O) groups excluding carboxylic acids is 1. The monoisotopic (exact) mass is 448 g/mol. The topological polar surface area (TPSA) is 84.9 Å². The Morgan fingerprint density at radius 2 is 1.74 bits per heavy atom. The Labute approximate surface area is 185 Å². The van der Waals surface area contributed by atoms with E-state index in [0.29, 0.717) is 24.5 Å². The molecule has 1 N–H and O–H groups in total. The van der Waals surface area contributed by atoms with E-state index in [0.717, 1.165) is 27.4 Å². The number of amides is 1. The van der Waals surface area contributed by atoms with Gasteiger partial charge in [0.25, 0.3) is 0 Å². The highest BCUT2D eigenvalue weighted by Crippen LogP contribution is 2.25. The van der Waals surface area contributed by atoms with E-state index in [2.05, 4.69) is 5.32 Å². The molecule has 0 aromatic heterocycles. The summed E-state index contributed by atoms with van der Waals surface area (Å²) in [4.78, 5) is 12.8. The van der Waals surface area contributed by atoms with E-state index in [9.17, 15) is 13.2 Å². The molecule has 0 unspecified atom stereocenters. The molecule has 2 aromatic carbocycles. The molecule has 0 aliphatic rings. The van der Waals surface area contributed by atoms with Crippen molar-refractivity contribution in [1.29, 1.82) is 0 Å². The van der Waals surface area contributed by atoms with Crippen LogP contribution >= 0.6 is 0 Å². The fourth-order valence-electron chi connectivity index (χ4n) is 3.23. The van der Waals surface area contributed by atoms with Crippen molar-refractivity contribution in [3.05, 3.63) is 53.6 Å². The van der Waals surface area contributed by atoms with Crippen LogP contribution in [0.15, 0.2) is 42.5 Å². The number of hydrogen-bond acceptors (Lipinski definition) is 5. The van der Waals surface area contributed by atoms with Crippen LogP contribution < -0.4 is 19.1 Å². The molecule has 2 rings (SSSR count). The smallest absolute Gasteiger partial charge is 0.244 e. The zero-order valence-electron chi connectivity index (χ0n) is 18.8. The Bertz CT molecular complexity index is 974. The van der Waals surface area contributed by atoms with E-state index in [1.807, 2.05) is 39.0 Å². The first-order chi connectivity index (χ1) is 14.7. The third-order valence-corrected chi connectivity index (χ3v) is 5.91. The third-order valence-electron chi connectivity index (χ3n) is 4.73. The molecule has 8 heteroatoms. The van der Waals surface area contributed by atoms with Crippen LogP contribution in [0.5, 0.6) is 11.5 Å². The van der Waals surface area contributed by atoms with Crippen molar-refractivity contribution in [1.82, 2.24) is 5.32 Å². The van der Waals surface area contributed by atoms with Gasteiger partial charge in [-0.3, -0.25) is 9.10 Å². The fraction of sp³-hybridized carbons (Fsp3) is 0.435. The van der Waals surface area contributed by atoms with E-state index in [4.69, 9.17) is 9.47 Å². The third kappa shape index (κ3) is 6.89. The summed E-state index contributed by atoms with van der Waals surface area (Å²) in [5.74, 6) is 1.04. The highest BCUT2D eigenvalue weighted by atomic mass is 32.2. The molecule has 31 heavy (non-hydrogen) atoms. The molecule has 1 amide bonds. The van der Waals surface area contributed by atoms with Gasteiger partial charge in [0.15, 0.2) is 0 Å². The highest BCUT2D eigenvalue weighted by Gasteiger charge is 2.31. The Kier molecular flexibility index (Phi) is 8.74. The maximum absolute atomic E-state index is 12.8. The number of sulfonamides is 1. The lowest BCUT2D eigenvalue weighted by atomic mass is 10.1. The van der Waals surface area contributed by atoms with Crippen LogP contribution in [0.3, 0.4) is 0 Å². The van der Waals surface area contributed by atoms with Crippen molar-refractivity contribution in [3.8, 4) is 11.5 Å². The van der Waals surface area contributed by atoms with Gasteiger partial charge in [-0.15, -0.1) is 0 Å². The first-order valence-electron chi connectivity index (χ1n) is 10.4. The summed E-state index contributed by atoms with van der Waals surface area (Å²) >= 11 is 0. The molecule has 0 aliphatic heterocycles. The summed E-state index contributed by atoms with van der Waals surface area (Å²) < 4.78 is 37.4. The number of nitrogens with zero attached hydrogens (tertiary/aromatic N) is 1. The van der Waals surface area contributed by atoms with Crippen LogP contribution in [0.2, 0.25) is 0 Å². The molecule has 0 spiro atoms. The molecule has 0 bridgehead atoms. The summed E-state index contributed by atoms with van der Waals surface area (Å²) in [5, 5.41) is 2.80. The number of benzene rings is 2. The number of carbonyl (C=O) groups is 1. The molecule has 0 saturated heterocycles. The van der Waals surface area contributed by atoms with Crippen LogP contribution in [-0.2, 0) is 14.8 Å². The minimum atomic E-state index is -3.68. The first kappa shape index (κ1) is 24.5. The van der Waals surface area contributed by atoms with Gasteiger partial charge in [-0.1, -0.05) is 19.1 Å². The second kappa shape index (κ2) is 11.0. The van der Waals surface area contributed by atoms with Crippen LogP contribution in [-0.4, -0.2) is 46.4 Å². The molecule has 0 heterocycles. The van der Waals surface area contributed by atoms with E-state index in [1.54, 1.807) is 31.2 Å². The van der Waals surface area contributed by atoms with E-state index in [1.165, 1.54) is 0 Å². The van der Waals surface area contributed by atoms with Gasteiger partial charge in [-0.05, 0) is 68.7 Å². The minimum Gasteiger partial charge on any atom is -0.494 e. The Hall–Kier alpha value is -2.74. The quantitative estimate of drug-likeness (QED) is 0.532. The lowest BCUT2D eigenvalue weighted by Gasteiger charge is -2.30. The Morgan fingerprint density at radius 1 is 1.06 bits per heavy atom. The number of aryl methyl sites for hydroxylation is 2. The van der Waals surface area contributed by atoms with Gasteiger partial charge in [-0.25, -0.2) is 8.42 Å². The van der Waals surface area contributed by atoms with Crippen molar-refractivity contribution in [2.75, 3.05) is 30.3 Å². The van der Waals surface area contributed by atoms with Gasteiger partial charge in [-0.2, -0.15) is 0 Å². The van der Waals surface area contributed by atoms with Gasteiger partial charge >= 0.3 is 0 Å². The number of rotatable bonds is 11. The molecule has 0 fully saturated rings. The second-order valence-corrected chi connectivity index (χ2v) is 9.18. The van der Waals surface area contributed by atoms with Crippen molar-refractivity contribution in [2.24, 2.45) is 0 Å². The van der Waals surface area contributed by atoms with Crippen molar-refractivity contribution < 1.29 is 22.7 Å². The van der Waals surface area contributed by atoms with Gasteiger partial charge in [0.05, 0.1) is 25.1 Å². The predicted octanol–water partition coefficient (Wildman–Crippen LogP) is 3.44. The average Bonchev–Trinajstić information content (AvgIpc) is 2.71. The van der Waals surface area contributed by atoms with Gasteiger partial charge < -0.3 is 14.8 Å². The van der Waals surface area contributed by atoms with Crippen molar-refractivity contribution in [3.63, 3.8) is 0 Å². The van der Waals surface area contributed by atoms with Gasteiger partial charge in [0, 0.05) is 0 Å². The van der Waals surface area contributed by atoms with Gasteiger partial charge in [0.2, 0.25) is 15.9 Å². The van der Waals surface area contributed by atoms with Crippen molar-refractivity contribution >= 4 is 21.6 Å². The lowest BCUT2D eigenvalue weighted by molar-refractivity contribution is -0.122. The van der Waals surface area contributed by atoms with Crippen LogP contribution in [0.25, 0.3) is 0 Å². The molecular weight excluding hydrogens is 416 g/mol. The highest BCUT2D eigenvalue weighted by molar-refractivity contribution is 7.92. The standard InChI is InChI=1S/C23H32N2O5S/c1-6-21(23(26)24-14-15-30-22-16-17(3)8-9-18(22)4)25(31(5,27)28)19-10-12-20(13-11-19)29-7-2/h8-13,16,21H,6-7,14-15H2,1-5H3,(H,24,26)/t21-/m0/s1. The molecule has 1 atom stereocenters. The summed E-state index contributed by atoms with van der Waals surface area (Å²) in [7, 11) is -3.68. The second-order valence-electron chi connectivity index (χ2n) is 7.32. The largest absolute Gasteiger partial charge is 0.494 e. The number of ether oxygens (including phenoxy) is 2. The summed E-state index contributed by atoms with van der Waals surface area (Å²) in [6.45, 7) is 8.67. The number of hydrogen-bond donors (Lipinski definition) is 1. The zero-order valence-corrected chi connectivity index (χ0v) is 19.7. The van der Waals surface area contributed by atoms with Gasteiger partial charge in [0.1, 0.15) is 24.1 Å². The van der Waals surface area contributed by atoms with Crippen LogP contribution in [0, 0.1) is 13.8 Å². The average molecular weight is 449 g/mol. The fourth-order valence-corrected chi connectivity index (χ4v) is 4.44. The molecule has 2 aromatic rings. The zero-order chi connectivity index (χ0) is 23.0. The SMILES string of the molecule is CCOc1ccc(N([C@@H](CC)C(=O)NCCOc2cc(C)ccc2C)S(C)(=O)=O)cc1. The Balaban J connectivity index is 2.07. The number of anilines is 1. The maximum atomic E-state index is 12.8. The van der Waals surface area contributed by atoms with E-state index >= 15 is 0 Å². The van der Waals surface area contributed by atoms with E-state index < -0.39 is 16.1 Å². The van der Waals surface area contributed by atoms with Crippen LogP contribution in [0.1, 0.15) is 31.4 Å².